The Balaban J connectivity index is 1.61. The summed E-state index contributed by atoms with van der Waals surface area (Å²) < 4.78 is 2.20. The number of likely N-dealkylation sites (tertiary alicyclic amines) is 1. The molecule has 1 unspecified atom stereocenters. The molecule has 1 aromatic rings. The van der Waals surface area contributed by atoms with E-state index < -0.39 is 0 Å². The average molecular weight is 319 g/mol. The Morgan fingerprint density at radius 3 is 2.83 bits per heavy atom. The molecular formula is C17H29N5O. The van der Waals surface area contributed by atoms with Gasteiger partial charge in [-0.1, -0.05) is 26.2 Å². The molecule has 3 rings (SSSR count). The van der Waals surface area contributed by atoms with Gasteiger partial charge in [0, 0.05) is 25.6 Å². The van der Waals surface area contributed by atoms with Gasteiger partial charge in [0.25, 0.3) is 0 Å². The van der Waals surface area contributed by atoms with Crippen LogP contribution in [0.15, 0.2) is 0 Å². The van der Waals surface area contributed by atoms with Crippen molar-refractivity contribution in [2.75, 3.05) is 6.54 Å². The van der Waals surface area contributed by atoms with Crippen LogP contribution in [0.5, 0.6) is 0 Å². The molecule has 0 aromatic carbocycles. The van der Waals surface area contributed by atoms with Crippen molar-refractivity contribution >= 4 is 6.03 Å². The summed E-state index contributed by atoms with van der Waals surface area (Å²) in [5.41, 5.74) is 0. The maximum atomic E-state index is 12.6. The van der Waals surface area contributed by atoms with E-state index in [-0.39, 0.29) is 6.03 Å². The van der Waals surface area contributed by atoms with E-state index in [2.05, 4.69) is 27.0 Å². The van der Waals surface area contributed by atoms with Crippen LogP contribution in [0.4, 0.5) is 4.79 Å². The third-order valence-electron chi connectivity index (χ3n) is 5.19. The molecule has 0 saturated carbocycles. The van der Waals surface area contributed by atoms with Gasteiger partial charge in [-0.25, -0.2) is 4.79 Å². The molecule has 1 aromatic heterocycles. The lowest BCUT2D eigenvalue weighted by molar-refractivity contribution is 0.172. The highest BCUT2D eigenvalue weighted by atomic mass is 16.2. The van der Waals surface area contributed by atoms with Gasteiger partial charge in [-0.2, -0.15) is 0 Å². The Labute approximate surface area is 138 Å². The monoisotopic (exact) mass is 319 g/mol. The van der Waals surface area contributed by atoms with Crippen molar-refractivity contribution in [3.8, 4) is 0 Å². The first-order valence-corrected chi connectivity index (χ1v) is 9.25. The Hall–Kier alpha value is -1.59. The number of aryl methyl sites for hydroxylation is 1. The fourth-order valence-electron chi connectivity index (χ4n) is 3.80. The molecule has 0 aliphatic carbocycles. The Kier molecular flexibility index (Phi) is 5.51. The zero-order chi connectivity index (χ0) is 16.1. The molecule has 2 aliphatic heterocycles. The lowest BCUT2D eigenvalue weighted by Crippen LogP contribution is -2.45. The Morgan fingerprint density at radius 1 is 1.13 bits per heavy atom. The molecule has 1 fully saturated rings. The second-order valence-corrected chi connectivity index (χ2v) is 6.76. The van der Waals surface area contributed by atoms with Gasteiger partial charge in [0.15, 0.2) is 5.82 Å². The second kappa shape index (κ2) is 7.79. The fraction of sp³-hybridized carbons (Fsp3) is 0.824. The summed E-state index contributed by atoms with van der Waals surface area (Å²) >= 11 is 0. The highest BCUT2D eigenvalue weighted by Gasteiger charge is 2.24. The molecule has 2 amide bonds. The molecule has 23 heavy (non-hydrogen) atoms. The Bertz CT molecular complexity index is 527. The minimum Gasteiger partial charge on any atom is -0.331 e. The topological polar surface area (TPSA) is 63.1 Å². The van der Waals surface area contributed by atoms with E-state index in [4.69, 9.17) is 0 Å². The predicted octanol–water partition coefficient (Wildman–Crippen LogP) is 2.87. The van der Waals surface area contributed by atoms with E-state index in [9.17, 15) is 4.79 Å². The summed E-state index contributed by atoms with van der Waals surface area (Å²) in [5.74, 6) is 1.98. The predicted molar refractivity (Wildman–Crippen MR) is 89.1 cm³/mol. The van der Waals surface area contributed by atoms with Gasteiger partial charge >= 0.3 is 6.03 Å². The fourth-order valence-corrected chi connectivity index (χ4v) is 3.80. The van der Waals surface area contributed by atoms with Gasteiger partial charge < -0.3 is 14.8 Å². The summed E-state index contributed by atoms with van der Waals surface area (Å²) in [5, 5.41) is 11.7. The summed E-state index contributed by atoms with van der Waals surface area (Å²) in [6.07, 6.45) is 10.4. The third kappa shape index (κ3) is 3.85. The second-order valence-electron chi connectivity index (χ2n) is 6.76. The number of hydrogen-bond donors (Lipinski definition) is 1. The van der Waals surface area contributed by atoms with Crippen LogP contribution < -0.4 is 5.32 Å². The molecule has 0 bridgehead atoms. The smallest absolute Gasteiger partial charge is 0.318 e. The van der Waals surface area contributed by atoms with E-state index in [1.54, 1.807) is 0 Å². The van der Waals surface area contributed by atoms with Crippen molar-refractivity contribution in [3.63, 3.8) is 0 Å². The van der Waals surface area contributed by atoms with Crippen LogP contribution >= 0.6 is 0 Å². The molecular weight excluding hydrogens is 290 g/mol. The van der Waals surface area contributed by atoms with Crippen molar-refractivity contribution in [2.45, 2.75) is 83.8 Å². The number of carbonyl (C=O) groups is 1. The minimum atomic E-state index is 0.0599. The van der Waals surface area contributed by atoms with Gasteiger partial charge in [0.1, 0.15) is 5.82 Å². The number of urea groups is 1. The first-order valence-electron chi connectivity index (χ1n) is 9.25. The Morgan fingerprint density at radius 2 is 1.96 bits per heavy atom. The van der Waals surface area contributed by atoms with Gasteiger partial charge in [-0.05, 0) is 32.1 Å². The maximum absolute atomic E-state index is 12.6. The standard InChI is InChI=1S/C17H29N5O/c1-2-14-9-5-3-7-11-21(14)17(23)18-13-16-20-19-15-10-6-4-8-12-22(15)16/h14H,2-13H2,1H3,(H,18,23). The van der Waals surface area contributed by atoms with E-state index in [0.717, 1.165) is 50.4 Å². The van der Waals surface area contributed by atoms with E-state index in [1.165, 1.54) is 32.1 Å². The third-order valence-corrected chi connectivity index (χ3v) is 5.19. The highest BCUT2D eigenvalue weighted by Crippen LogP contribution is 2.19. The highest BCUT2D eigenvalue weighted by molar-refractivity contribution is 5.74. The molecule has 1 saturated heterocycles. The molecule has 6 heteroatoms. The molecule has 1 N–H and O–H groups in total. The van der Waals surface area contributed by atoms with Crippen LogP contribution in [-0.4, -0.2) is 38.3 Å². The molecule has 3 heterocycles. The van der Waals surface area contributed by atoms with Crippen LogP contribution in [0.25, 0.3) is 0 Å². The first kappa shape index (κ1) is 16.3. The van der Waals surface area contributed by atoms with Crippen molar-refractivity contribution in [1.82, 2.24) is 25.0 Å². The van der Waals surface area contributed by atoms with E-state index in [0.29, 0.717) is 12.6 Å². The van der Waals surface area contributed by atoms with Gasteiger partial charge in [-0.15, -0.1) is 10.2 Å². The van der Waals surface area contributed by atoms with Crippen molar-refractivity contribution in [3.05, 3.63) is 11.6 Å². The SMILES string of the molecule is CCC1CCCCCN1C(=O)NCc1nnc2n1CCCCC2. The summed E-state index contributed by atoms with van der Waals surface area (Å²) in [4.78, 5) is 14.6. The van der Waals surface area contributed by atoms with Crippen LogP contribution in [0, 0.1) is 0 Å². The lowest BCUT2D eigenvalue weighted by Gasteiger charge is -2.29. The summed E-state index contributed by atoms with van der Waals surface area (Å²) in [6.45, 7) is 4.52. The summed E-state index contributed by atoms with van der Waals surface area (Å²) in [7, 11) is 0. The van der Waals surface area contributed by atoms with Crippen LogP contribution in [0.1, 0.15) is 69.9 Å². The molecule has 1 atom stereocenters. The number of carbonyl (C=O) groups excluding carboxylic acids is 1. The minimum absolute atomic E-state index is 0.0599. The van der Waals surface area contributed by atoms with Crippen molar-refractivity contribution < 1.29 is 4.79 Å². The van der Waals surface area contributed by atoms with Gasteiger partial charge in [-0.3, -0.25) is 0 Å². The zero-order valence-electron chi connectivity index (χ0n) is 14.3. The average Bonchev–Trinajstić information content (AvgIpc) is 2.77. The largest absolute Gasteiger partial charge is 0.331 e. The van der Waals surface area contributed by atoms with E-state index >= 15 is 0 Å². The normalized spacial score (nSPS) is 22.1. The molecule has 128 valence electrons. The number of fused-ring (bicyclic) bond motifs is 1. The van der Waals surface area contributed by atoms with Crippen LogP contribution in [-0.2, 0) is 19.5 Å². The van der Waals surface area contributed by atoms with Crippen molar-refractivity contribution in [1.29, 1.82) is 0 Å². The number of nitrogens with one attached hydrogen (secondary N) is 1. The molecule has 6 nitrogen and oxygen atoms in total. The zero-order valence-corrected chi connectivity index (χ0v) is 14.3. The number of rotatable bonds is 3. The summed E-state index contributed by atoms with van der Waals surface area (Å²) in [6, 6.07) is 0.442. The number of hydrogen-bond acceptors (Lipinski definition) is 3. The molecule has 0 spiro atoms. The molecule has 2 aliphatic rings. The van der Waals surface area contributed by atoms with Crippen LogP contribution in [0.3, 0.4) is 0 Å². The van der Waals surface area contributed by atoms with E-state index in [1.807, 2.05) is 4.90 Å². The van der Waals surface area contributed by atoms with Gasteiger partial charge in [0.05, 0.1) is 6.54 Å². The maximum Gasteiger partial charge on any atom is 0.318 e. The lowest BCUT2D eigenvalue weighted by atomic mass is 10.1. The first-order chi connectivity index (χ1) is 11.3. The van der Waals surface area contributed by atoms with Crippen molar-refractivity contribution in [2.24, 2.45) is 0 Å². The number of amides is 2. The van der Waals surface area contributed by atoms with Gasteiger partial charge in [0.2, 0.25) is 0 Å². The number of nitrogens with zero attached hydrogens (tertiary/aromatic N) is 4. The number of aromatic nitrogens is 3. The molecule has 0 radical (unpaired) electrons. The van der Waals surface area contributed by atoms with Crippen LogP contribution in [0.2, 0.25) is 0 Å². The quantitative estimate of drug-likeness (QED) is 0.932.